The van der Waals surface area contributed by atoms with Crippen molar-refractivity contribution in [3.63, 3.8) is 0 Å². The highest BCUT2D eigenvalue weighted by molar-refractivity contribution is 5.29. The van der Waals surface area contributed by atoms with Crippen molar-refractivity contribution in [3.8, 4) is 0 Å². The van der Waals surface area contributed by atoms with Crippen molar-refractivity contribution >= 4 is 0 Å². The molecule has 1 aliphatic heterocycles. The molecule has 0 bridgehead atoms. The summed E-state index contributed by atoms with van der Waals surface area (Å²) in [6.45, 7) is 2.54. The molecule has 2 aromatic rings. The first kappa shape index (κ1) is 16.9. The molecule has 3 rings (SSSR count). The second kappa shape index (κ2) is 6.52. The first-order valence-electron chi connectivity index (χ1n) is 7.77. The van der Waals surface area contributed by atoms with Gasteiger partial charge < -0.3 is 9.52 Å². The fourth-order valence-electron chi connectivity index (χ4n) is 2.99. The summed E-state index contributed by atoms with van der Waals surface area (Å²) in [6, 6.07) is 4.91. The Bertz CT molecular complexity index is 702. The largest absolute Gasteiger partial charge is 0.424 e. The molecule has 0 spiro atoms. The van der Waals surface area contributed by atoms with Crippen molar-refractivity contribution in [1.82, 2.24) is 15.1 Å². The Kier molecular flexibility index (Phi) is 4.60. The maximum atomic E-state index is 12.9. The van der Waals surface area contributed by atoms with Crippen LogP contribution in [0.4, 0.5) is 13.2 Å². The monoisotopic (exact) mass is 341 g/mol. The first-order valence-corrected chi connectivity index (χ1v) is 7.77. The van der Waals surface area contributed by atoms with Crippen molar-refractivity contribution in [2.24, 2.45) is 0 Å². The number of rotatable bonds is 4. The zero-order valence-electron chi connectivity index (χ0n) is 13.1. The number of hydrogen-bond donors (Lipinski definition) is 1. The van der Waals surface area contributed by atoms with E-state index < -0.39 is 17.8 Å². The lowest BCUT2D eigenvalue weighted by atomic mass is 10.0. The van der Waals surface area contributed by atoms with Gasteiger partial charge >= 0.3 is 6.18 Å². The Morgan fingerprint density at radius 1 is 1.29 bits per heavy atom. The minimum absolute atomic E-state index is 0.297. The average Bonchev–Trinajstić information content (AvgIpc) is 3.13. The number of β-amino-alcohol motifs (C(OH)–C–C–N with tert-alkyl or cyclic N) is 1. The van der Waals surface area contributed by atoms with Gasteiger partial charge in [0.25, 0.3) is 0 Å². The molecule has 1 fully saturated rings. The highest BCUT2D eigenvalue weighted by Gasteiger charge is 2.35. The van der Waals surface area contributed by atoms with Crippen LogP contribution in [0.1, 0.15) is 42.3 Å². The van der Waals surface area contributed by atoms with E-state index in [1.807, 2.05) is 11.8 Å². The van der Waals surface area contributed by atoms with Gasteiger partial charge in [-0.15, -0.1) is 10.2 Å². The molecule has 1 aromatic carbocycles. The van der Waals surface area contributed by atoms with Crippen LogP contribution in [0.25, 0.3) is 0 Å². The molecule has 1 saturated heterocycles. The molecule has 2 heterocycles. The van der Waals surface area contributed by atoms with E-state index in [1.54, 1.807) is 6.07 Å². The number of aliphatic hydroxyl groups is 1. The topological polar surface area (TPSA) is 62.4 Å². The number of benzene rings is 1. The third kappa shape index (κ3) is 3.59. The van der Waals surface area contributed by atoms with E-state index in [1.165, 1.54) is 6.07 Å². The van der Waals surface area contributed by atoms with Crippen molar-refractivity contribution < 1.29 is 22.7 Å². The zero-order valence-corrected chi connectivity index (χ0v) is 13.1. The van der Waals surface area contributed by atoms with E-state index in [0.717, 1.165) is 12.1 Å². The van der Waals surface area contributed by atoms with Gasteiger partial charge in [0.15, 0.2) is 0 Å². The number of hydrogen-bond acceptors (Lipinski definition) is 5. The van der Waals surface area contributed by atoms with Gasteiger partial charge in [0.1, 0.15) is 0 Å². The predicted molar refractivity (Wildman–Crippen MR) is 78.9 cm³/mol. The number of aryl methyl sites for hydroxylation is 1. The van der Waals surface area contributed by atoms with Crippen LogP contribution in [0.5, 0.6) is 0 Å². The fraction of sp³-hybridized carbons (Fsp3) is 0.500. The van der Waals surface area contributed by atoms with Gasteiger partial charge in [-0.1, -0.05) is 19.1 Å². The molecule has 130 valence electrons. The summed E-state index contributed by atoms with van der Waals surface area (Å²) in [4.78, 5) is 1.87. The summed E-state index contributed by atoms with van der Waals surface area (Å²) in [5, 5.41) is 17.8. The molecule has 5 nitrogen and oxygen atoms in total. The quantitative estimate of drug-likeness (QED) is 0.926. The number of aliphatic hydroxyl groups excluding tert-OH is 1. The van der Waals surface area contributed by atoms with Crippen LogP contribution in [0.3, 0.4) is 0 Å². The van der Waals surface area contributed by atoms with E-state index in [4.69, 9.17) is 4.42 Å². The van der Waals surface area contributed by atoms with Gasteiger partial charge in [0.2, 0.25) is 11.8 Å². The Labute approximate surface area is 137 Å². The lowest BCUT2D eigenvalue weighted by Crippen LogP contribution is -2.24. The van der Waals surface area contributed by atoms with Crippen LogP contribution in [-0.2, 0) is 19.1 Å². The molecule has 2 atom stereocenters. The molecule has 0 radical (unpaired) electrons. The molecule has 0 aliphatic carbocycles. The van der Waals surface area contributed by atoms with Gasteiger partial charge in [0, 0.05) is 19.0 Å². The lowest BCUT2D eigenvalue weighted by molar-refractivity contribution is -0.137. The predicted octanol–water partition coefficient (Wildman–Crippen LogP) is 2.96. The highest BCUT2D eigenvalue weighted by Crippen LogP contribution is 2.36. The molecule has 24 heavy (non-hydrogen) atoms. The van der Waals surface area contributed by atoms with Gasteiger partial charge in [-0.25, -0.2) is 0 Å². The van der Waals surface area contributed by atoms with Gasteiger partial charge in [-0.2, -0.15) is 13.2 Å². The summed E-state index contributed by atoms with van der Waals surface area (Å²) in [5.74, 6) is 0.915. The van der Waals surface area contributed by atoms with Gasteiger partial charge in [-0.05, 0) is 24.1 Å². The average molecular weight is 341 g/mol. The molecular weight excluding hydrogens is 323 g/mol. The summed E-state index contributed by atoms with van der Waals surface area (Å²) >= 11 is 0. The van der Waals surface area contributed by atoms with Crippen LogP contribution in [0.15, 0.2) is 28.7 Å². The molecule has 0 amide bonds. The molecule has 8 heteroatoms. The first-order chi connectivity index (χ1) is 11.4. The second-order valence-electron chi connectivity index (χ2n) is 5.90. The number of nitrogens with zero attached hydrogens (tertiary/aromatic N) is 3. The molecule has 1 aliphatic rings. The summed E-state index contributed by atoms with van der Waals surface area (Å²) in [5.41, 5.74) is -0.163. The van der Waals surface area contributed by atoms with Crippen molar-refractivity contribution in [2.45, 2.75) is 44.6 Å². The minimum Gasteiger partial charge on any atom is -0.424 e. The Hall–Kier alpha value is -1.93. The smallest absolute Gasteiger partial charge is 0.416 e. The van der Waals surface area contributed by atoms with E-state index in [2.05, 4.69) is 10.2 Å². The number of aromatic nitrogens is 2. The van der Waals surface area contributed by atoms with Crippen molar-refractivity contribution in [3.05, 3.63) is 47.2 Å². The zero-order chi connectivity index (χ0) is 17.3. The lowest BCUT2D eigenvalue weighted by Gasteiger charge is -2.23. The van der Waals surface area contributed by atoms with Crippen molar-refractivity contribution in [2.75, 3.05) is 6.54 Å². The maximum Gasteiger partial charge on any atom is 0.416 e. The van der Waals surface area contributed by atoms with E-state index >= 15 is 0 Å². The Morgan fingerprint density at radius 2 is 2.04 bits per heavy atom. The fourth-order valence-corrected chi connectivity index (χ4v) is 2.99. The summed E-state index contributed by atoms with van der Waals surface area (Å²) in [7, 11) is 0. The van der Waals surface area contributed by atoms with E-state index in [9.17, 15) is 18.3 Å². The third-order valence-corrected chi connectivity index (χ3v) is 4.13. The maximum absolute atomic E-state index is 12.9. The standard InChI is InChI=1S/C16H18F3N3O2/c1-2-14-20-21-15(24-14)9-22-8-12(23)7-13(22)10-4-3-5-11(6-10)16(17,18)19/h3-6,12-13,23H,2,7-9H2,1H3/t12-,13+/m0/s1. The molecule has 1 aromatic heterocycles. The molecule has 1 N–H and O–H groups in total. The SMILES string of the molecule is CCc1nnc(CN2C[C@@H](O)C[C@@H]2c2cccc(C(F)(F)F)c2)o1. The molecule has 0 unspecified atom stereocenters. The molecular formula is C16H18F3N3O2. The van der Waals surface area contributed by atoms with Crippen LogP contribution in [-0.4, -0.2) is 32.9 Å². The van der Waals surface area contributed by atoms with Crippen LogP contribution >= 0.6 is 0 Å². The Balaban J connectivity index is 1.82. The summed E-state index contributed by atoms with van der Waals surface area (Å²) < 4.78 is 44.2. The summed E-state index contributed by atoms with van der Waals surface area (Å²) in [6.07, 6.45) is -4.00. The third-order valence-electron chi connectivity index (χ3n) is 4.13. The highest BCUT2D eigenvalue weighted by atomic mass is 19.4. The van der Waals surface area contributed by atoms with Gasteiger partial charge in [-0.3, -0.25) is 4.90 Å². The van der Waals surface area contributed by atoms with Crippen LogP contribution in [0.2, 0.25) is 0 Å². The van der Waals surface area contributed by atoms with Crippen LogP contribution in [0, 0.1) is 0 Å². The van der Waals surface area contributed by atoms with E-state index in [0.29, 0.717) is 43.3 Å². The van der Waals surface area contributed by atoms with E-state index in [-0.39, 0.29) is 6.04 Å². The van der Waals surface area contributed by atoms with Crippen LogP contribution < -0.4 is 0 Å². The minimum atomic E-state index is -4.39. The second-order valence-corrected chi connectivity index (χ2v) is 5.90. The number of halogens is 3. The normalized spacial score (nSPS) is 22.2. The van der Waals surface area contributed by atoms with Crippen molar-refractivity contribution in [1.29, 1.82) is 0 Å². The van der Waals surface area contributed by atoms with Gasteiger partial charge in [0.05, 0.1) is 18.2 Å². The Morgan fingerprint density at radius 3 is 2.71 bits per heavy atom. The molecule has 0 saturated carbocycles. The number of likely N-dealkylation sites (tertiary alicyclic amines) is 1. The number of alkyl halides is 3.